The van der Waals surface area contributed by atoms with Gasteiger partial charge in [0.15, 0.2) is 0 Å². The van der Waals surface area contributed by atoms with E-state index in [0.29, 0.717) is 6.04 Å². The largest absolute Gasteiger partial charge is 0.356 e. The van der Waals surface area contributed by atoms with Gasteiger partial charge in [-0.3, -0.25) is 4.90 Å². The summed E-state index contributed by atoms with van der Waals surface area (Å²) in [5.41, 5.74) is 0. The van der Waals surface area contributed by atoms with E-state index in [1.807, 2.05) is 0 Å². The van der Waals surface area contributed by atoms with Crippen LogP contribution >= 0.6 is 11.3 Å². The van der Waals surface area contributed by atoms with Crippen LogP contribution in [0.15, 0.2) is 0 Å². The molecule has 2 heterocycles. The van der Waals surface area contributed by atoms with Crippen molar-refractivity contribution in [1.29, 1.82) is 0 Å². The number of likely N-dealkylation sites (tertiary alicyclic amines) is 1. The summed E-state index contributed by atoms with van der Waals surface area (Å²) in [7, 11) is 0. The van der Waals surface area contributed by atoms with Gasteiger partial charge < -0.3 is 5.32 Å². The minimum absolute atomic E-state index is 0.559. The van der Waals surface area contributed by atoms with E-state index in [-0.39, 0.29) is 0 Å². The monoisotopic (exact) mass is 252 g/mol. The van der Waals surface area contributed by atoms with Gasteiger partial charge in [-0.2, -0.15) is 0 Å². The van der Waals surface area contributed by atoms with Crippen LogP contribution < -0.4 is 5.32 Å². The fraction of sp³-hybridized carbons (Fsp3) is 0.833. The fourth-order valence-electron chi connectivity index (χ4n) is 2.71. The number of hydrogen-bond acceptors (Lipinski definition) is 5. The minimum Gasteiger partial charge on any atom is -0.356 e. The second kappa shape index (κ2) is 4.53. The van der Waals surface area contributed by atoms with Gasteiger partial charge in [0, 0.05) is 24.7 Å². The van der Waals surface area contributed by atoms with Crippen molar-refractivity contribution in [2.24, 2.45) is 0 Å². The highest BCUT2D eigenvalue weighted by atomic mass is 32.1. The number of aromatic nitrogens is 2. The van der Waals surface area contributed by atoms with Gasteiger partial charge in [-0.15, -0.1) is 10.2 Å². The Morgan fingerprint density at radius 2 is 2.24 bits per heavy atom. The summed E-state index contributed by atoms with van der Waals surface area (Å²) in [6.45, 7) is 5.64. The second-order valence-corrected chi connectivity index (χ2v) is 6.27. The topological polar surface area (TPSA) is 41.1 Å². The number of nitrogens with one attached hydrogen (secondary N) is 1. The summed E-state index contributed by atoms with van der Waals surface area (Å²) in [5, 5.41) is 14.0. The van der Waals surface area contributed by atoms with E-state index < -0.39 is 0 Å². The SMILES string of the molecule is CCc1nnc(NC2CC(C)N(C3CC3)C2)s1. The zero-order valence-corrected chi connectivity index (χ0v) is 11.3. The van der Waals surface area contributed by atoms with E-state index >= 15 is 0 Å². The standard InChI is InChI=1S/C12H20N4S/c1-3-11-14-15-12(17-11)13-9-6-8(2)16(7-9)10-4-5-10/h8-10H,3-7H2,1-2H3,(H,13,15). The Kier molecular flexibility index (Phi) is 3.04. The summed E-state index contributed by atoms with van der Waals surface area (Å²) in [4.78, 5) is 2.65. The average molecular weight is 252 g/mol. The zero-order valence-electron chi connectivity index (χ0n) is 10.5. The molecule has 1 saturated heterocycles. The lowest BCUT2D eigenvalue weighted by molar-refractivity contribution is 0.257. The molecule has 2 atom stereocenters. The lowest BCUT2D eigenvalue weighted by atomic mass is 10.2. The van der Waals surface area contributed by atoms with Crippen LogP contribution in [0, 0.1) is 0 Å². The number of anilines is 1. The van der Waals surface area contributed by atoms with Gasteiger partial charge in [-0.05, 0) is 32.6 Å². The highest BCUT2D eigenvalue weighted by Crippen LogP contribution is 2.34. The summed E-state index contributed by atoms with van der Waals surface area (Å²) < 4.78 is 0. The maximum Gasteiger partial charge on any atom is 0.205 e. The Morgan fingerprint density at radius 1 is 1.41 bits per heavy atom. The molecule has 4 nitrogen and oxygen atoms in total. The van der Waals surface area contributed by atoms with Gasteiger partial charge in [0.1, 0.15) is 5.01 Å². The molecule has 2 aliphatic rings. The van der Waals surface area contributed by atoms with Crippen molar-refractivity contribution in [3.05, 3.63) is 5.01 Å². The highest BCUT2D eigenvalue weighted by molar-refractivity contribution is 7.15. The lowest BCUT2D eigenvalue weighted by Crippen LogP contribution is -2.30. The van der Waals surface area contributed by atoms with Gasteiger partial charge in [0.05, 0.1) is 0 Å². The number of nitrogens with zero attached hydrogens (tertiary/aromatic N) is 3. The Balaban J connectivity index is 1.58. The van der Waals surface area contributed by atoms with Crippen LogP contribution in [0.4, 0.5) is 5.13 Å². The van der Waals surface area contributed by atoms with Crippen molar-refractivity contribution in [3.8, 4) is 0 Å². The predicted octanol–water partition coefficient (Wildman–Crippen LogP) is 2.14. The molecule has 3 rings (SSSR count). The van der Waals surface area contributed by atoms with Gasteiger partial charge in [0.2, 0.25) is 5.13 Å². The van der Waals surface area contributed by atoms with E-state index in [9.17, 15) is 0 Å². The van der Waals surface area contributed by atoms with Gasteiger partial charge >= 0.3 is 0 Å². The molecular formula is C12H20N4S. The van der Waals surface area contributed by atoms with Crippen LogP contribution in [0.25, 0.3) is 0 Å². The van der Waals surface area contributed by atoms with Crippen LogP contribution in [-0.4, -0.2) is 39.8 Å². The molecule has 94 valence electrons. The normalized spacial score (nSPS) is 29.8. The molecular weight excluding hydrogens is 232 g/mol. The molecule has 1 N–H and O–H groups in total. The Hall–Kier alpha value is -0.680. The number of rotatable bonds is 4. The molecule has 5 heteroatoms. The summed E-state index contributed by atoms with van der Waals surface area (Å²) in [5.74, 6) is 0. The van der Waals surface area contributed by atoms with Gasteiger partial charge in [-0.25, -0.2) is 0 Å². The minimum atomic E-state index is 0.559. The van der Waals surface area contributed by atoms with Crippen molar-refractivity contribution in [2.45, 2.75) is 57.7 Å². The molecule has 1 aromatic rings. The highest BCUT2D eigenvalue weighted by Gasteiger charge is 2.38. The summed E-state index contributed by atoms with van der Waals surface area (Å²) >= 11 is 1.69. The number of aryl methyl sites for hydroxylation is 1. The summed E-state index contributed by atoms with van der Waals surface area (Å²) in [6, 6.07) is 2.15. The van der Waals surface area contributed by atoms with Gasteiger partial charge in [-0.1, -0.05) is 18.3 Å². The van der Waals surface area contributed by atoms with E-state index in [1.165, 1.54) is 25.8 Å². The van der Waals surface area contributed by atoms with Crippen molar-refractivity contribution in [1.82, 2.24) is 15.1 Å². The quantitative estimate of drug-likeness (QED) is 0.891. The van der Waals surface area contributed by atoms with E-state index in [4.69, 9.17) is 0 Å². The Morgan fingerprint density at radius 3 is 2.88 bits per heavy atom. The van der Waals surface area contributed by atoms with Crippen LogP contribution in [0.2, 0.25) is 0 Å². The molecule has 1 aromatic heterocycles. The molecule has 0 aromatic carbocycles. The first-order valence-electron chi connectivity index (χ1n) is 6.61. The zero-order chi connectivity index (χ0) is 11.8. The van der Waals surface area contributed by atoms with Crippen LogP contribution in [0.3, 0.4) is 0 Å². The second-order valence-electron chi connectivity index (χ2n) is 5.21. The molecule has 2 unspecified atom stereocenters. The molecule has 1 saturated carbocycles. The smallest absolute Gasteiger partial charge is 0.205 e. The summed E-state index contributed by atoms with van der Waals surface area (Å²) in [6.07, 6.45) is 5.01. The molecule has 0 bridgehead atoms. The van der Waals surface area contributed by atoms with E-state index in [2.05, 4.69) is 34.3 Å². The van der Waals surface area contributed by atoms with E-state index in [0.717, 1.165) is 28.6 Å². The van der Waals surface area contributed by atoms with Crippen molar-refractivity contribution in [2.75, 3.05) is 11.9 Å². The first kappa shape index (κ1) is 11.4. The average Bonchev–Trinajstić information content (AvgIpc) is 2.95. The van der Waals surface area contributed by atoms with Crippen LogP contribution in [-0.2, 0) is 6.42 Å². The maximum atomic E-state index is 4.20. The molecule has 2 fully saturated rings. The van der Waals surface area contributed by atoms with Crippen molar-refractivity contribution < 1.29 is 0 Å². The third-order valence-corrected chi connectivity index (χ3v) is 4.73. The first-order chi connectivity index (χ1) is 8.26. The Bertz CT molecular complexity index is 388. The van der Waals surface area contributed by atoms with E-state index in [1.54, 1.807) is 11.3 Å². The van der Waals surface area contributed by atoms with Crippen molar-refractivity contribution in [3.63, 3.8) is 0 Å². The van der Waals surface area contributed by atoms with Crippen LogP contribution in [0.5, 0.6) is 0 Å². The van der Waals surface area contributed by atoms with Crippen LogP contribution in [0.1, 0.15) is 38.1 Å². The molecule has 1 aliphatic heterocycles. The third-order valence-electron chi connectivity index (χ3n) is 3.74. The molecule has 17 heavy (non-hydrogen) atoms. The molecule has 1 aliphatic carbocycles. The Labute approximate surface area is 106 Å². The fourth-order valence-corrected chi connectivity index (χ4v) is 3.46. The molecule has 0 spiro atoms. The maximum absolute atomic E-state index is 4.20. The predicted molar refractivity (Wildman–Crippen MR) is 70.5 cm³/mol. The van der Waals surface area contributed by atoms with Crippen molar-refractivity contribution >= 4 is 16.5 Å². The third kappa shape index (κ3) is 2.45. The number of hydrogen-bond donors (Lipinski definition) is 1. The lowest BCUT2D eigenvalue weighted by Gasteiger charge is -2.19. The molecule has 0 amide bonds. The molecule has 0 radical (unpaired) electrons. The first-order valence-corrected chi connectivity index (χ1v) is 7.42. The van der Waals surface area contributed by atoms with Gasteiger partial charge in [0.25, 0.3) is 0 Å².